The zero-order valence-corrected chi connectivity index (χ0v) is 14.3. The van der Waals surface area contributed by atoms with Gasteiger partial charge in [0.05, 0.1) is 17.6 Å². The van der Waals surface area contributed by atoms with E-state index in [2.05, 4.69) is 55.0 Å². The van der Waals surface area contributed by atoms with Crippen LogP contribution in [0.15, 0.2) is 47.1 Å². The van der Waals surface area contributed by atoms with Gasteiger partial charge in [-0.15, -0.1) is 0 Å². The van der Waals surface area contributed by atoms with Crippen LogP contribution in [-0.2, 0) is 0 Å². The molecule has 0 saturated carbocycles. The van der Waals surface area contributed by atoms with Crippen molar-refractivity contribution in [1.82, 2.24) is 4.98 Å². The van der Waals surface area contributed by atoms with Crippen molar-refractivity contribution in [3.8, 4) is 0 Å². The van der Waals surface area contributed by atoms with Crippen molar-refractivity contribution in [2.24, 2.45) is 0 Å². The first-order chi connectivity index (χ1) is 11.2. The SMILES string of the molecule is OC(CF)c1ccc(N2CCN(c3ccc(Br)cc3)CC2)cn1. The molecule has 1 N–H and O–H groups in total. The molecular formula is C17H19BrFN3O. The van der Waals surface area contributed by atoms with Gasteiger partial charge in [-0.25, -0.2) is 4.39 Å². The maximum absolute atomic E-state index is 12.4. The van der Waals surface area contributed by atoms with Gasteiger partial charge in [-0.05, 0) is 36.4 Å². The number of halogens is 2. The lowest BCUT2D eigenvalue weighted by molar-refractivity contribution is 0.137. The summed E-state index contributed by atoms with van der Waals surface area (Å²) in [4.78, 5) is 8.78. The largest absolute Gasteiger partial charge is 0.384 e. The highest BCUT2D eigenvalue weighted by Gasteiger charge is 2.18. The van der Waals surface area contributed by atoms with Crippen LogP contribution in [0.1, 0.15) is 11.8 Å². The fourth-order valence-corrected chi connectivity index (χ4v) is 3.00. The molecule has 0 amide bonds. The lowest BCUT2D eigenvalue weighted by atomic mass is 10.2. The fourth-order valence-electron chi connectivity index (χ4n) is 2.74. The molecule has 1 aliphatic heterocycles. The van der Waals surface area contributed by atoms with E-state index in [1.54, 1.807) is 12.3 Å². The van der Waals surface area contributed by atoms with Crippen molar-refractivity contribution in [1.29, 1.82) is 0 Å². The number of hydrogen-bond donors (Lipinski definition) is 1. The summed E-state index contributed by atoms with van der Waals surface area (Å²) in [5.74, 6) is 0. The summed E-state index contributed by atoms with van der Waals surface area (Å²) in [5, 5.41) is 9.45. The van der Waals surface area contributed by atoms with Crippen LogP contribution in [0, 0.1) is 0 Å². The number of aliphatic hydroxyl groups excluding tert-OH is 1. The van der Waals surface area contributed by atoms with Crippen molar-refractivity contribution in [3.63, 3.8) is 0 Å². The Hall–Kier alpha value is -1.66. The predicted octanol–water partition coefficient (Wildman–Crippen LogP) is 3.17. The summed E-state index contributed by atoms with van der Waals surface area (Å²) in [5.41, 5.74) is 2.62. The quantitative estimate of drug-likeness (QED) is 0.885. The van der Waals surface area contributed by atoms with Gasteiger partial charge in [0.2, 0.25) is 0 Å². The zero-order chi connectivity index (χ0) is 16.2. The Balaban J connectivity index is 1.61. The average molecular weight is 380 g/mol. The number of aliphatic hydroxyl groups is 1. The summed E-state index contributed by atoms with van der Waals surface area (Å²) >= 11 is 3.46. The van der Waals surface area contributed by atoms with Gasteiger partial charge in [0.1, 0.15) is 12.8 Å². The number of benzene rings is 1. The second-order valence-electron chi connectivity index (χ2n) is 5.56. The molecule has 23 heavy (non-hydrogen) atoms. The molecule has 2 heterocycles. The average Bonchev–Trinajstić information content (AvgIpc) is 2.62. The van der Waals surface area contributed by atoms with Gasteiger partial charge >= 0.3 is 0 Å². The summed E-state index contributed by atoms with van der Waals surface area (Å²) in [7, 11) is 0. The first kappa shape index (κ1) is 16.2. The van der Waals surface area contributed by atoms with E-state index in [1.807, 2.05) is 6.07 Å². The van der Waals surface area contributed by atoms with Crippen LogP contribution < -0.4 is 9.80 Å². The highest BCUT2D eigenvalue weighted by molar-refractivity contribution is 9.10. The van der Waals surface area contributed by atoms with E-state index in [-0.39, 0.29) is 0 Å². The summed E-state index contributed by atoms with van der Waals surface area (Å²) in [6, 6.07) is 11.9. The van der Waals surface area contributed by atoms with Crippen LogP contribution in [-0.4, -0.2) is 42.9 Å². The van der Waals surface area contributed by atoms with Crippen LogP contribution in [0.5, 0.6) is 0 Å². The van der Waals surface area contributed by atoms with Crippen molar-refractivity contribution in [2.75, 3.05) is 42.7 Å². The number of hydrogen-bond acceptors (Lipinski definition) is 4. The molecule has 2 aromatic rings. The van der Waals surface area contributed by atoms with Crippen molar-refractivity contribution < 1.29 is 9.50 Å². The van der Waals surface area contributed by atoms with E-state index in [9.17, 15) is 9.50 Å². The minimum Gasteiger partial charge on any atom is -0.384 e. The number of alkyl halides is 1. The lowest BCUT2D eigenvalue weighted by Gasteiger charge is -2.37. The Morgan fingerprint density at radius 2 is 1.57 bits per heavy atom. The maximum Gasteiger partial charge on any atom is 0.124 e. The maximum atomic E-state index is 12.4. The number of aromatic nitrogens is 1. The molecule has 0 spiro atoms. The van der Waals surface area contributed by atoms with Crippen LogP contribution in [0.2, 0.25) is 0 Å². The highest BCUT2D eigenvalue weighted by Crippen LogP contribution is 2.22. The van der Waals surface area contributed by atoms with E-state index in [4.69, 9.17) is 0 Å². The Morgan fingerprint density at radius 3 is 2.09 bits per heavy atom. The van der Waals surface area contributed by atoms with Crippen LogP contribution >= 0.6 is 15.9 Å². The molecule has 1 fully saturated rings. The molecule has 1 unspecified atom stereocenters. The molecule has 1 saturated heterocycles. The molecule has 6 heteroatoms. The molecule has 1 aromatic heterocycles. The molecule has 0 aliphatic carbocycles. The van der Waals surface area contributed by atoms with E-state index in [1.165, 1.54) is 5.69 Å². The third-order valence-corrected chi connectivity index (χ3v) is 4.62. The molecular weight excluding hydrogens is 361 g/mol. The Morgan fingerprint density at radius 1 is 1.00 bits per heavy atom. The fraction of sp³-hybridized carbons (Fsp3) is 0.353. The van der Waals surface area contributed by atoms with E-state index >= 15 is 0 Å². The number of pyridine rings is 1. The molecule has 1 aromatic carbocycles. The van der Waals surface area contributed by atoms with E-state index in [0.717, 1.165) is 36.3 Å². The van der Waals surface area contributed by atoms with E-state index < -0.39 is 12.8 Å². The molecule has 1 aliphatic rings. The molecule has 1 atom stereocenters. The topological polar surface area (TPSA) is 39.6 Å². The first-order valence-electron chi connectivity index (χ1n) is 7.63. The van der Waals surface area contributed by atoms with Crippen LogP contribution in [0.3, 0.4) is 0 Å². The Bertz CT molecular complexity index is 627. The van der Waals surface area contributed by atoms with Gasteiger partial charge in [0, 0.05) is 36.3 Å². The van der Waals surface area contributed by atoms with Gasteiger partial charge in [0.25, 0.3) is 0 Å². The predicted molar refractivity (Wildman–Crippen MR) is 93.7 cm³/mol. The zero-order valence-electron chi connectivity index (χ0n) is 12.7. The first-order valence-corrected chi connectivity index (χ1v) is 8.42. The minimum absolute atomic E-state index is 0.379. The molecule has 0 radical (unpaired) electrons. The monoisotopic (exact) mass is 379 g/mol. The Labute approximate surface area is 143 Å². The summed E-state index contributed by atoms with van der Waals surface area (Å²) in [6.45, 7) is 2.89. The van der Waals surface area contributed by atoms with Crippen LogP contribution in [0.4, 0.5) is 15.8 Å². The summed E-state index contributed by atoms with van der Waals surface area (Å²) in [6.07, 6.45) is 0.585. The standard InChI is InChI=1S/C17H19BrFN3O/c18-13-1-3-14(4-2-13)21-7-9-22(10-8-21)15-5-6-16(20-12-15)17(23)11-19/h1-6,12,17,23H,7-11H2. The lowest BCUT2D eigenvalue weighted by Crippen LogP contribution is -2.46. The van der Waals surface area contributed by atoms with Crippen molar-refractivity contribution >= 4 is 27.3 Å². The van der Waals surface area contributed by atoms with Gasteiger partial charge < -0.3 is 14.9 Å². The number of rotatable bonds is 4. The van der Waals surface area contributed by atoms with Crippen molar-refractivity contribution in [2.45, 2.75) is 6.10 Å². The number of piperazine rings is 1. The van der Waals surface area contributed by atoms with Gasteiger partial charge in [0.15, 0.2) is 0 Å². The molecule has 4 nitrogen and oxygen atoms in total. The van der Waals surface area contributed by atoms with Crippen LogP contribution in [0.25, 0.3) is 0 Å². The second kappa shape index (κ2) is 7.27. The third-order valence-electron chi connectivity index (χ3n) is 4.09. The summed E-state index contributed by atoms with van der Waals surface area (Å²) < 4.78 is 13.5. The molecule has 122 valence electrons. The smallest absolute Gasteiger partial charge is 0.124 e. The highest BCUT2D eigenvalue weighted by atomic mass is 79.9. The van der Waals surface area contributed by atoms with Gasteiger partial charge in [-0.2, -0.15) is 0 Å². The van der Waals surface area contributed by atoms with Gasteiger partial charge in [-0.1, -0.05) is 15.9 Å². The normalized spacial score (nSPS) is 16.5. The number of nitrogens with zero attached hydrogens (tertiary/aromatic N) is 3. The van der Waals surface area contributed by atoms with Gasteiger partial charge in [-0.3, -0.25) is 4.98 Å². The third kappa shape index (κ3) is 3.82. The van der Waals surface area contributed by atoms with E-state index in [0.29, 0.717) is 5.69 Å². The Kier molecular flexibility index (Phi) is 5.13. The second-order valence-corrected chi connectivity index (χ2v) is 6.48. The minimum atomic E-state index is -1.13. The van der Waals surface area contributed by atoms with Crippen molar-refractivity contribution in [3.05, 3.63) is 52.8 Å². The molecule has 0 bridgehead atoms. The number of anilines is 2. The molecule has 3 rings (SSSR count).